The normalized spacial score (nSPS) is 17.2. The van der Waals surface area contributed by atoms with Gasteiger partial charge in [0.1, 0.15) is 0 Å². The largest absolute Gasteiger partial charge is 0.352 e. The summed E-state index contributed by atoms with van der Waals surface area (Å²) in [4.78, 5) is 20.0. The molecule has 0 spiro atoms. The number of hydrogen-bond donors (Lipinski definition) is 2. The Hall–Kier alpha value is -2.25. The van der Waals surface area contributed by atoms with Gasteiger partial charge in [0.05, 0.1) is 22.3 Å². The van der Waals surface area contributed by atoms with Crippen molar-refractivity contribution >= 4 is 28.3 Å². The number of amides is 1. The number of rotatable bonds is 5. The summed E-state index contributed by atoms with van der Waals surface area (Å²) in [5, 5.41) is 11.2. The van der Waals surface area contributed by atoms with E-state index in [1.54, 1.807) is 11.3 Å². The minimum atomic E-state index is -0.0895. The van der Waals surface area contributed by atoms with Crippen LogP contribution in [0.5, 0.6) is 0 Å². The molecule has 3 aromatic rings. The van der Waals surface area contributed by atoms with Gasteiger partial charge in [-0.3, -0.25) is 4.79 Å². The fraction of sp³-hybridized carbons (Fsp3) is 0.476. The van der Waals surface area contributed by atoms with E-state index in [4.69, 9.17) is 4.52 Å². The average Bonchev–Trinajstić information content (AvgIpc) is 3.23. The quantitative estimate of drug-likeness (QED) is 0.679. The Morgan fingerprint density at radius 2 is 2.21 bits per heavy atom. The molecule has 4 heterocycles. The number of carbonyl (C=O) groups excluding carboxylic acids is 1. The molecule has 1 fully saturated rings. The van der Waals surface area contributed by atoms with E-state index in [0.717, 1.165) is 30.8 Å². The molecule has 1 saturated heterocycles. The second-order valence-corrected chi connectivity index (χ2v) is 9.05. The summed E-state index contributed by atoms with van der Waals surface area (Å²) >= 11 is 1.73. The summed E-state index contributed by atoms with van der Waals surface area (Å²) in [7, 11) is 0. The molecule has 1 atom stereocenters. The molecular formula is C21H26N4O2S. The standard InChI is InChI=1S/C21H26N4O2S/c1-12-9-16(14(3)28-12)18-10-17(19-13(2)25-27-21(19)24-18)20(26)23-8-6-15-5-4-7-22-11-15/h9-10,15,22H,4-8,11H2,1-3H3,(H,23,26). The molecule has 4 rings (SSSR count). The van der Waals surface area contributed by atoms with E-state index in [2.05, 4.69) is 40.7 Å². The average molecular weight is 399 g/mol. The Morgan fingerprint density at radius 1 is 1.36 bits per heavy atom. The molecule has 6 nitrogen and oxygen atoms in total. The first kappa shape index (κ1) is 19.1. The molecule has 0 aliphatic carbocycles. The second kappa shape index (κ2) is 8.01. The van der Waals surface area contributed by atoms with E-state index in [1.807, 2.05) is 13.0 Å². The van der Waals surface area contributed by atoms with E-state index >= 15 is 0 Å². The number of aromatic nitrogens is 2. The molecule has 0 aromatic carbocycles. The fourth-order valence-corrected chi connectivity index (χ4v) is 4.89. The highest BCUT2D eigenvalue weighted by molar-refractivity contribution is 7.12. The molecular weight excluding hydrogens is 372 g/mol. The van der Waals surface area contributed by atoms with E-state index < -0.39 is 0 Å². The Balaban J connectivity index is 1.60. The molecule has 1 amide bonds. The smallest absolute Gasteiger partial charge is 0.259 e. The van der Waals surface area contributed by atoms with Crippen LogP contribution in [-0.4, -0.2) is 35.7 Å². The van der Waals surface area contributed by atoms with Crippen molar-refractivity contribution < 1.29 is 9.32 Å². The Morgan fingerprint density at radius 3 is 2.93 bits per heavy atom. The third kappa shape index (κ3) is 3.82. The molecule has 0 saturated carbocycles. The lowest BCUT2D eigenvalue weighted by molar-refractivity contribution is 0.0952. The summed E-state index contributed by atoms with van der Waals surface area (Å²) in [5.74, 6) is 0.546. The highest BCUT2D eigenvalue weighted by Gasteiger charge is 2.21. The van der Waals surface area contributed by atoms with Gasteiger partial charge in [0.25, 0.3) is 11.6 Å². The highest BCUT2D eigenvalue weighted by atomic mass is 32.1. The molecule has 1 aliphatic heterocycles. The van der Waals surface area contributed by atoms with Crippen molar-refractivity contribution in [3.63, 3.8) is 0 Å². The van der Waals surface area contributed by atoms with Gasteiger partial charge >= 0.3 is 0 Å². The number of piperidine rings is 1. The maximum Gasteiger partial charge on any atom is 0.259 e. The summed E-state index contributed by atoms with van der Waals surface area (Å²) in [6.07, 6.45) is 3.44. The van der Waals surface area contributed by atoms with Crippen LogP contribution in [-0.2, 0) is 0 Å². The maximum absolute atomic E-state index is 13.0. The summed E-state index contributed by atoms with van der Waals surface area (Å²) in [5.41, 5.74) is 3.49. The molecule has 7 heteroatoms. The van der Waals surface area contributed by atoms with Crippen molar-refractivity contribution in [2.45, 2.75) is 40.0 Å². The summed E-state index contributed by atoms with van der Waals surface area (Å²) in [6.45, 7) is 8.81. The first-order valence-corrected chi connectivity index (χ1v) is 10.7. The van der Waals surface area contributed by atoms with Crippen LogP contribution in [0.4, 0.5) is 0 Å². The van der Waals surface area contributed by atoms with Gasteiger partial charge in [0, 0.05) is 21.9 Å². The van der Waals surface area contributed by atoms with Crippen molar-refractivity contribution in [2.24, 2.45) is 5.92 Å². The van der Waals surface area contributed by atoms with Crippen LogP contribution in [0.2, 0.25) is 0 Å². The van der Waals surface area contributed by atoms with Crippen molar-refractivity contribution in [2.75, 3.05) is 19.6 Å². The van der Waals surface area contributed by atoms with Gasteiger partial charge < -0.3 is 15.2 Å². The van der Waals surface area contributed by atoms with Crippen LogP contribution in [0.3, 0.4) is 0 Å². The number of thiophene rings is 1. The van der Waals surface area contributed by atoms with Crippen molar-refractivity contribution in [3.8, 4) is 11.3 Å². The van der Waals surface area contributed by atoms with Gasteiger partial charge in [-0.25, -0.2) is 4.98 Å². The fourth-order valence-electron chi connectivity index (χ4n) is 3.95. The van der Waals surface area contributed by atoms with E-state index in [1.165, 1.54) is 22.6 Å². The first-order valence-electron chi connectivity index (χ1n) is 9.86. The molecule has 2 N–H and O–H groups in total. The monoisotopic (exact) mass is 398 g/mol. The summed E-state index contributed by atoms with van der Waals surface area (Å²) in [6, 6.07) is 3.98. The van der Waals surface area contributed by atoms with E-state index in [0.29, 0.717) is 34.8 Å². The number of hydrogen-bond acceptors (Lipinski definition) is 6. The number of carbonyl (C=O) groups is 1. The third-order valence-electron chi connectivity index (χ3n) is 5.42. The zero-order valence-electron chi connectivity index (χ0n) is 16.6. The number of aryl methyl sites for hydroxylation is 3. The van der Waals surface area contributed by atoms with Crippen LogP contribution < -0.4 is 10.6 Å². The van der Waals surface area contributed by atoms with Crippen molar-refractivity contribution in [1.82, 2.24) is 20.8 Å². The first-order chi connectivity index (χ1) is 13.5. The van der Waals surface area contributed by atoms with Crippen LogP contribution in [0.15, 0.2) is 16.7 Å². The lowest BCUT2D eigenvalue weighted by Gasteiger charge is -2.22. The van der Waals surface area contributed by atoms with Crippen molar-refractivity contribution in [3.05, 3.63) is 33.1 Å². The van der Waals surface area contributed by atoms with Crippen LogP contribution >= 0.6 is 11.3 Å². The molecule has 3 aromatic heterocycles. The van der Waals surface area contributed by atoms with Gasteiger partial charge in [0.15, 0.2) is 0 Å². The van der Waals surface area contributed by atoms with E-state index in [-0.39, 0.29) is 5.91 Å². The maximum atomic E-state index is 13.0. The number of nitrogens with one attached hydrogen (secondary N) is 2. The zero-order chi connectivity index (χ0) is 19.7. The van der Waals surface area contributed by atoms with Gasteiger partial charge in [-0.2, -0.15) is 0 Å². The number of nitrogens with zero attached hydrogens (tertiary/aromatic N) is 2. The predicted molar refractivity (Wildman–Crippen MR) is 112 cm³/mol. The SMILES string of the molecule is Cc1cc(-c2cc(C(=O)NCCC3CCCNC3)c3c(C)noc3n2)c(C)s1. The number of pyridine rings is 1. The van der Waals surface area contributed by atoms with Crippen LogP contribution in [0.25, 0.3) is 22.4 Å². The molecule has 148 valence electrons. The second-order valence-electron chi connectivity index (χ2n) is 7.59. The van der Waals surface area contributed by atoms with Crippen LogP contribution in [0, 0.1) is 26.7 Å². The van der Waals surface area contributed by atoms with Gasteiger partial charge in [0.2, 0.25) is 0 Å². The molecule has 28 heavy (non-hydrogen) atoms. The molecule has 0 radical (unpaired) electrons. The van der Waals surface area contributed by atoms with Gasteiger partial charge in [-0.05, 0) is 71.2 Å². The highest BCUT2D eigenvalue weighted by Crippen LogP contribution is 2.32. The minimum Gasteiger partial charge on any atom is -0.352 e. The van der Waals surface area contributed by atoms with E-state index in [9.17, 15) is 4.79 Å². The minimum absolute atomic E-state index is 0.0895. The van der Waals surface area contributed by atoms with Gasteiger partial charge in [-0.15, -0.1) is 11.3 Å². The molecule has 0 bridgehead atoms. The van der Waals surface area contributed by atoms with Crippen LogP contribution in [0.1, 0.15) is 45.1 Å². The lowest BCUT2D eigenvalue weighted by Crippen LogP contribution is -2.33. The molecule has 1 aliphatic rings. The third-order valence-corrected chi connectivity index (χ3v) is 6.38. The number of fused-ring (bicyclic) bond motifs is 1. The Bertz CT molecular complexity index is 1000. The van der Waals surface area contributed by atoms with Crippen molar-refractivity contribution in [1.29, 1.82) is 0 Å². The Kier molecular flexibility index (Phi) is 5.46. The molecule has 1 unspecified atom stereocenters. The Labute approximate surface area is 168 Å². The predicted octanol–water partition coefficient (Wildman–Crippen LogP) is 4.00. The topological polar surface area (TPSA) is 80.0 Å². The summed E-state index contributed by atoms with van der Waals surface area (Å²) < 4.78 is 5.40. The zero-order valence-corrected chi connectivity index (χ0v) is 17.4. The lowest BCUT2D eigenvalue weighted by atomic mass is 9.96. The van der Waals surface area contributed by atoms with Gasteiger partial charge in [-0.1, -0.05) is 5.16 Å².